The molecule has 1 aromatic heterocycles. The Kier molecular flexibility index (Phi) is 2.57. The fourth-order valence-electron chi connectivity index (χ4n) is 0.847. The number of imidazole rings is 1. The van der Waals surface area contributed by atoms with Crippen molar-refractivity contribution >= 4 is 12.2 Å². The Hall–Kier alpha value is -1.65. The van der Waals surface area contributed by atoms with Gasteiger partial charge in [0.1, 0.15) is 5.69 Å². The molecule has 64 valence electrons. The average Bonchev–Trinajstić information content (AvgIpc) is 2.47. The van der Waals surface area contributed by atoms with Gasteiger partial charge in [0, 0.05) is 13.0 Å². The first-order chi connectivity index (χ1) is 5.74. The van der Waals surface area contributed by atoms with E-state index in [1.54, 1.807) is 4.57 Å². The van der Waals surface area contributed by atoms with Crippen LogP contribution in [0.2, 0.25) is 0 Å². The number of aldehydes is 1. The molecule has 5 nitrogen and oxygen atoms in total. The number of nitrogens with zero attached hydrogens (tertiary/aromatic N) is 2. The first-order valence-corrected chi connectivity index (χ1v) is 3.47. The molecule has 0 aliphatic heterocycles. The van der Waals surface area contributed by atoms with Crippen LogP contribution in [0.3, 0.4) is 0 Å². The number of nitrogens with two attached hydrogens (primary N) is 1. The molecule has 0 atom stereocenters. The molecule has 1 heterocycles. The van der Waals surface area contributed by atoms with Crippen molar-refractivity contribution in [2.24, 2.45) is 5.73 Å². The molecule has 2 N–H and O–H groups in total. The normalized spacial score (nSPS) is 9.67. The molecule has 1 aromatic rings. The number of amides is 1. The number of rotatable bonds is 4. The monoisotopic (exact) mass is 167 g/mol. The Morgan fingerprint density at radius 2 is 2.50 bits per heavy atom. The molecule has 0 aliphatic rings. The van der Waals surface area contributed by atoms with Gasteiger partial charge in [-0.1, -0.05) is 0 Å². The van der Waals surface area contributed by atoms with Crippen LogP contribution in [0.4, 0.5) is 0 Å². The molecule has 0 saturated heterocycles. The molecule has 0 saturated carbocycles. The summed E-state index contributed by atoms with van der Waals surface area (Å²) < 4.78 is 1.58. The summed E-state index contributed by atoms with van der Waals surface area (Å²) >= 11 is 0. The summed E-state index contributed by atoms with van der Waals surface area (Å²) in [6.45, 7) is 0.406. The fraction of sp³-hybridized carbons (Fsp3) is 0.286. The summed E-state index contributed by atoms with van der Waals surface area (Å²) in [4.78, 5) is 24.5. The Morgan fingerprint density at radius 1 is 1.75 bits per heavy atom. The second-order valence-corrected chi connectivity index (χ2v) is 2.35. The molecule has 0 aromatic carbocycles. The minimum atomic E-state index is -0.388. The van der Waals surface area contributed by atoms with E-state index in [9.17, 15) is 9.59 Å². The van der Waals surface area contributed by atoms with E-state index in [4.69, 9.17) is 5.73 Å². The van der Waals surface area contributed by atoms with Crippen LogP contribution < -0.4 is 5.73 Å². The van der Waals surface area contributed by atoms with Gasteiger partial charge in [0.25, 0.3) is 0 Å². The third kappa shape index (κ3) is 1.91. The topological polar surface area (TPSA) is 78.0 Å². The zero-order chi connectivity index (χ0) is 8.97. The Balaban J connectivity index is 2.62. The Morgan fingerprint density at radius 3 is 3.08 bits per heavy atom. The highest BCUT2D eigenvalue weighted by atomic mass is 16.1. The Bertz CT molecular complexity index is 293. The smallest absolute Gasteiger partial charge is 0.219 e. The van der Waals surface area contributed by atoms with Gasteiger partial charge in [-0.05, 0) is 0 Å². The van der Waals surface area contributed by atoms with Crippen LogP contribution in [0.15, 0.2) is 12.5 Å². The number of hydrogen-bond acceptors (Lipinski definition) is 3. The van der Waals surface area contributed by atoms with Gasteiger partial charge in [0.2, 0.25) is 5.91 Å². The molecule has 0 spiro atoms. The zero-order valence-electron chi connectivity index (χ0n) is 6.43. The van der Waals surface area contributed by atoms with Crippen molar-refractivity contribution in [1.29, 1.82) is 0 Å². The van der Waals surface area contributed by atoms with E-state index in [1.807, 2.05) is 0 Å². The summed E-state index contributed by atoms with van der Waals surface area (Å²) in [5.74, 6) is -0.388. The highest BCUT2D eigenvalue weighted by molar-refractivity contribution is 5.74. The van der Waals surface area contributed by atoms with Crippen molar-refractivity contribution in [3.63, 3.8) is 0 Å². The van der Waals surface area contributed by atoms with Gasteiger partial charge in [0.05, 0.1) is 12.5 Å². The number of aromatic nitrogens is 2. The predicted molar refractivity (Wildman–Crippen MR) is 41.4 cm³/mol. The molecule has 0 fully saturated rings. The number of primary amides is 1. The van der Waals surface area contributed by atoms with Crippen molar-refractivity contribution < 1.29 is 9.59 Å². The molecular weight excluding hydrogens is 158 g/mol. The van der Waals surface area contributed by atoms with Crippen LogP contribution in [-0.2, 0) is 11.3 Å². The number of hydrogen-bond donors (Lipinski definition) is 1. The zero-order valence-corrected chi connectivity index (χ0v) is 6.43. The quantitative estimate of drug-likeness (QED) is 0.618. The largest absolute Gasteiger partial charge is 0.370 e. The molecule has 12 heavy (non-hydrogen) atoms. The van der Waals surface area contributed by atoms with E-state index in [2.05, 4.69) is 4.98 Å². The maximum atomic E-state index is 10.4. The van der Waals surface area contributed by atoms with Gasteiger partial charge < -0.3 is 10.3 Å². The number of carbonyl (C=O) groups is 2. The minimum absolute atomic E-state index is 0.219. The summed E-state index contributed by atoms with van der Waals surface area (Å²) in [6.07, 6.45) is 3.84. The molecule has 1 amide bonds. The van der Waals surface area contributed by atoms with Crippen LogP contribution in [0, 0.1) is 0 Å². The Labute approximate surface area is 69.2 Å². The summed E-state index contributed by atoms with van der Waals surface area (Å²) in [5, 5.41) is 0. The molecule has 0 bridgehead atoms. The van der Waals surface area contributed by atoms with Crippen LogP contribution in [-0.4, -0.2) is 21.7 Å². The second kappa shape index (κ2) is 3.66. The van der Waals surface area contributed by atoms with Crippen LogP contribution in [0.1, 0.15) is 16.9 Å². The SMILES string of the molecule is NC(=O)CCn1cncc1C=O. The summed E-state index contributed by atoms with van der Waals surface area (Å²) in [7, 11) is 0. The van der Waals surface area contributed by atoms with Crippen molar-refractivity contribution in [3.8, 4) is 0 Å². The van der Waals surface area contributed by atoms with E-state index in [-0.39, 0.29) is 12.3 Å². The number of aryl methyl sites for hydroxylation is 1. The van der Waals surface area contributed by atoms with E-state index in [0.717, 1.165) is 0 Å². The number of carbonyl (C=O) groups excluding carboxylic acids is 2. The van der Waals surface area contributed by atoms with Gasteiger partial charge in [-0.3, -0.25) is 9.59 Å². The molecule has 5 heteroatoms. The lowest BCUT2D eigenvalue weighted by molar-refractivity contribution is -0.118. The standard InChI is InChI=1S/C7H9N3O2/c8-7(12)1-2-10-5-9-3-6(10)4-11/h3-5H,1-2H2,(H2,8,12). The van der Waals surface area contributed by atoms with E-state index >= 15 is 0 Å². The lowest BCUT2D eigenvalue weighted by Gasteiger charge is -2.00. The van der Waals surface area contributed by atoms with Crippen molar-refractivity contribution in [3.05, 3.63) is 18.2 Å². The first-order valence-electron chi connectivity index (χ1n) is 3.47. The molecule has 1 rings (SSSR count). The van der Waals surface area contributed by atoms with Gasteiger partial charge in [-0.25, -0.2) is 4.98 Å². The molecule has 0 aliphatic carbocycles. The fourth-order valence-corrected chi connectivity index (χ4v) is 0.847. The van der Waals surface area contributed by atoms with Crippen molar-refractivity contribution in [2.45, 2.75) is 13.0 Å². The maximum absolute atomic E-state index is 10.4. The van der Waals surface area contributed by atoms with Gasteiger partial charge in [-0.15, -0.1) is 0 Å². The first kappa shape index (κ1) is 8.45. The lowest BCUT2D eigenvalue weighted by atomic mass is 10.4. The van der Waals surface area contributed by atoms with Gasteiger partial charge >= 0.3 is 0 Å². The van der Waals surface area contributed by atoms with Gasteiger partial charge in [0.15, 0.2) is 6.29 Å². The molecule has 0 unspecified atom stereocenters. The van der Waals surface area contributed by atoms with E-state index in [0.29, 0.717) is 18.5 Å². The van der Waals surface area contributed by atoms with E-state index < -0.39 is 0 Å². The third-order valence-electron chi connectivity index (χ3n) is 1.46. The van der Waals surface area contributed by atoms with Crippen molar-refractivity contribution in [1.82, 2.24) is 9.55 Å². The molecule has 0 radical (unpaired) electrons. The van der Waals surface area contributed by atoms with Crippen LogP contribution >= 0.6 is 0 Å². The van der Waals surface area contributed by atoms with Crippen LogP contribution in [0.25, 0.3) is 0 Å². The van der Waals surface area contributed by atoms with Gasteiger partial charge in [-0.2, -0.15) is 0 Å². The maximum Gasteiger partial charge on any atom is 0.219 e. The minimum Gasteiger partial charge on any atom is -0.370 e. The highest BCUT2D eigenvalue weighted by Gasteiger charge is 2.01. The molecular formula is C7H9N3O2. The summed E-state index contributed by atoms with van der Waals surface area (Å²) in [6, 6.07) is 0. The van der Waals surface area contributed by atoms with E-state index in [1.165, 1.54) is 12.5 Å². The van der Waals surface area contributed by atoms with Crippen LogP contribution in [0.5, 0.6) is 0 Å². The van der Waals surface area contributed by atoms with Crippen molar-refractivity contribution in [2.75, 3.05) is 0 Å². The third-order valence-corrected chi connectivity index (χ3v) is 1.46. The lowest BCUT2D eigenvalue weighted by Crippen LogP contribution is -2.14. The highest BCUT2D eigenvalue weighted by Crippen LogP contribution is 1.96. The predicted octanol–water partition coefficient (Wildman–Crippen LogP) is -0.429. The average molecular weight is 167 g/mol. The second-order valence-electron chi connectivity index (χ2n) is 2.35. The summed E-state index contributed by atoms with van der Waals surface area (Å²) in [5.41, 5.74) is 5.39.